The number of hydrogen-bond acceptors (Lipinski definition) is 4. The largest absolute Gasteiger partial charge is 0.497 e. The molecule has 4 rings (SSSR count). The summed E-state index contributed by atoms with van der Waals surface area (Å²) in [6, 6.07) is 12.0. The number of carbonyl (C=O) groups excluding carboxylic acids is 1. The van der Waals surface area contributed by atoms with Crippen LogP contribution in [0.1, 0.15) is 24.5 Å². The molecule has 1 aromatic heterocycles. The van der Waals surface area contributed by atoms with Gasteiger partial charge in [-0.25, -0.2) is 0 Å². The van der Waals surface area contributed by atoms with E-state index in [9.17, 15) is 4.79 Å². The monoisotopic (exact) mass is 340 g/mol. The highest BCUT2D eigenvalue weighted by atomic mass is 16.5. The summed E-state index contributed by atoms with van der Waals surface area (Å²) in [6.45, 7) is 3.47. The second-order valence-electron chi connectivity index (χ2n) is 6.83. The smallest absolute Gasteiger partial charge is 0.226 e. The Morgan fingerprint density at radius 3 is 2.68 bits per heavy atom. The zero-order valence-corrected chi connectivity index (χ0v) is 14.6. The van der Waals surface area contributed by atoms with Gasteiger partial charge in [0.25, 0.3) is 0 Å². The van der Waals surface area contributed by atoms with Crippen LogP contribution in [0.2, 0.25) is 0 Å². The molecule has 2 aliphatic rings. The van der Waals surface area contributed by atoms with Crippen molar-refractivity contribution in [3.8, 4) is 5.75 Å². The van der Waals surface area contributed by atoms with Gasteiger partial charge in [0.15, 0.2) is 0 Å². The van der Waals surface area contributed by atoms with E-state index in [4.69, 9.17) is 9.15 Å². The number of amides is 1. The van der Waals surface area contributed by atoms with Crippen LogP contribution in [-0.4, -0.2) is 44.1 Å². The lowest BCUT2D eigenvalue weighted by Crippen LogP contribution is -2.36. The average Bonchev–Trinajstić information content (AvgIpc) is 3.35. The van der Waals surface area contributed by atoms with Gasteiger partial charge in [0.05, 0.1) is 13.4 Å². The third-order valence-electron chi connectivity index (χ3n) is 5.26. The van der Waals surface area contributed by atoms with E-state index in [0.717, 1.165) is 50.5 Å². The van der Waals surface area contributed by atoms with Crippen molar-refractivity contribution in [3.05, 3.63) is 48.4 Å². The van der Waals surface area contributed by atoms with Gasteiger partial charge in [-0.05, 0) is 49.2 Å². The third kappa shape index (κ3) is 3.36. The normalized spacial score (nSPS) is 23.2. The van der Waals surface area contributed by atoms with Crippen molar-refractivity contribution >= 4 is 11.6 Å². The van der Waals surface area contributed by atoms with Gasteiger partial charge in [-0.2, -0.15) is 0 Å². The minimum atomic E-state index is 0.110. The van der Waals surface area contributed by atoms with Crippen LogP contribution in [0.25, 0.3) is 0 Å². The van der Waals surface area contributed by atoms with Crippen molar-refractivity contribution in [2.24, 2.45) is 5.92 Å². The Balaban J connectivity index is 1.35. The molecule has 1 aromatic carbocycles. The number of methoxy groups -OCH3 is 1. The zero-order chi connectivity index (χ0) is 17.2. The van der Waals surface area contributed by atoms with Crippen molar-refractivity contribution in [2.45, 2.75) is 18.8 Å². The summed E-state index contributed by atoms with van der Waals surface area (Å²) in [5.41, 5.74) is 1.19. The summed E-state index contributed by atoms with van der Waals surface area (Å²) < 4.78 is 10.7. The minimum Gasteiger partial charge on any atom is -0.497 e. The van der Waals surface area contributed by atoms with Gasteiger partial charge < -0.3 is 19.0 Å². The topological polar surface area (TPSA) is 45.9 Å². The van der Waals surface area contributed by atoms with E-state index in [1.165, 1.54) is 5.69 Å². The molecule has 5 nitrogen and oxygen atoms in total. The van der Waals surface area contributed by atoms with Gasteiger partial charge in [0.2, 0.25) is 5.91 Å². The lowest BCUT2D eigenvalue weighted by Gasteiger charge is -2.24. The molecule has 1 saturated carbocycles. The summed E-state index contributed by atoms with van der Waals surface area (Å²) in [6.07, 6.45) is 3.61. The predicted octanol–water partition coefficient (Wildman–Crippen LogP) is 3.13. The molecule has 0 unspecified atom stereocenters. The van der Waals surface area contributed by atoms with Crippen molar-refractivity contribution in [1.82, 2.24) is 4.90 Å². The standard InChI is InChI=1S/C20H24N2O3/c1-24-16-7-5-15(6-8-16)21-9-3-10-22(12-11-21)20(23)18-14-17(18)19-4-2-13-25-19/h2,4-8,13,17-18H,3,9-12,14H2,1H3/t17-,18-/m0/s1. The first-order valence-corrected chi connectivity index (χ1v) is 8.97. The molecule has 0 spiro atoms. The van der Waals surface area contributed by atoms with Crippen molar-refractivity contribution in [3.63, 3.8) is 0 Å². The quantitative estimate of drug-likeness (QED) is 0.858. The molecule has 2 aromatic rings. The number of carbonyl (C=O) groups is 1. The molecule has 25 heavy (non-hydrogen) atoms. The SMILES string of the molecule is COc1ccc(N2CCCN(C(=O)[C@H]3C[C@@H]3c3ccco3)CC2)cc1. The van der Waals surface area contributed by atoms with E-state index in [1.807, 2.05) is 29.2 Å². The third-order valence-corrected chi connectivity index (χ3v) is 5.26. The molecule has 1 aliphatic heterocycles. The van der Waals surface area contributed by atoms with Crippen LogP contribution < -0.4 is 9.64 Å². The lowest BCUT2D eigenvalue weighted by molar-refractivity contribution is -0.132. The molecular formula is C20H24N2O3. The van der Waals surface area contributed by atoms with Crippen LogP contribution in [0.5, 0.6) is 5.75 Å². The predicted molar refractivity (Wildman–Crippen MR) is 96.0 cm³/mol. The maximum Gasteiger partial charge on any atom is 0.226 e. The maximum absolute atomic E-state index is 12.8. The Hall–Kier alpha value is -2.43. The molecule has 1 amide bonds. The van der Waals surface area contributed by atoms with Gasteiger partial charge in [0, 0.05) is 43.7 Å². The first-order valence-electron chi connectivity index (χ1n) is 8.97. The van der Waals surface area contributed by atoms with Crippen molar-refractivity contribution < 1.29 is 13.9 Å². The van der Waals surface area contributed by atoms with Gasteiger partial charge in [0.1, 0.15) is 11.5 Å². The average molecular weight is 340 g/mol. The summed E-state index contributed by atoms with van der Waals surface area (Å²) in [7, 11) is 1.68. The summed E-state index contributed by atoms with van der Waals surface area (Å²) in [5, 5.41) is 0. The minimum absolute atomic E-state index is 0.110. The Labute approximate surface area is 148 Å². The zero-order valence-electron chi connectivity index (χ0n) is 14.6. The van der Waals surface area contributed by atoms with Crippen molar-refractivity contribution in [1.29, 1.82) is 0 Å². The van der Waals surface area contributed by atoms with Crippen LogP contribution >= 0.6 is 0 Å². The van der Waals surface area contributed by atoms with Crippen LogP contribution in [0.3, 0.4) is 0 Å². The van der Waals surface area contributed by atoms with E-state index >= 15 is 0 Å². The number of benzene rings is 1. The molecule has 2 fully saturated rings. The number of ether oxygens (including phenoxy) is 1. The molecule has 0 N–H and O–H groups in total. The van der Waals surface area contributed by atoms with Crippen molar-refractivity contribution in [2.75, 3.05) is 38.2 Å². The number of nitrogens with zero attached hydrogens (tertiary/aromatic N) is 2. The molecule has 5 heteroatoms. The van der Waals surface area contributed by atoms with Crippen LogP contribution in [0, 0.1) is 5.92 Å². The number of anilines is 1. The fourth-order valence-electron chi connectivity index (χ4n) is 3.71. The van der Waals surface area contributed by atoms with E-state index in [1.54, 1.807) is 13.4 Å². The molecular weight excluding hydrogens is 316 g/mol. The van der Waals surface area contributed by atoms with E-state index in [0.29, 0.717) is 0 Å². The fraction of sp³-hybridized carbons (Fsp3) is 0.450. The molecule has 1 aliphatic carbocycles. The Morgan fingerprint density at radius 1 is 1.12 bits per heavy atom. The van der Waals surface area contributed by atoms with Gasteiger partial charge in [-0.3, -0.25) is 4.79 Å². The summed E-state index contributed by atoms with van der Waals surface area (Å²) in [4.78, 5) is 17.2. The van der Waals surface area contributed by atoms with Crippen LogP contribution in [0.15, 0.2) is 47.1 Å². The fourth-order valence-corrected chi connectivity index (χ4v) is 3.71. The molecule has 132 valence electrons. The van der Waals surface area contributed by atoms with Gasteiger partial charge >= 0.3 is 0 Å². The second-order valence-corrected chi connectivity index (χ2v) is 6.83. The van der Waals surface area contributed by atoms with E-state index in [2.05, 4.69) is 17.0 Å². The molecule has 2 atom stereocenters. The number of rotatable bonds is 4. The van der Waals surface area contributed by atoms with E-state index in [-0.39, 0.29) is 17.7 Å². The Morgan fingerprint density at radius 2 is 1.96 bits per heavy atom. The number of hydrogen-bond donors (Lipinski definition) is 0. The molecule has 0 radical (unpaired) electrons. The molecule has 0 bridgehead atoms. The Kier molecular flexibility index (Phi) is 4.38. The highest BCUT2D eigenvalue weighted by molar-refractivity contribution is 5.83. The summed E-state index contributed by atoms with van der Waals surface area (Å²) in [5.74, 6) is 2.50. The first-order chi connectivity index (χ1) is 12.3. The highest BCUT2D eigenvalue weighted by Gasteiger charge is 2.47. The summed E-state index contributed by atoms with van der Waals surface area (Å²) >= 11 is 0. The van der Waals surface area contributed by atoms with Gasteiger partial charge in [-0.1, -0.05) is 0 Å². The second kappa shape index (κ2) is 6.82. The number of furan rings is 1. The van der Waals surface area contributed by atoms with E-state index < -0.39 is 0 Å². The lowest BCUT2D eigenvalue weighted by atomic mass is 10.2. The molecule has 2 heterocycles. The van der Waals surface area contributed by atoms with Crippen LogP contribution in [0.4, 0.5) is 5.69 Å². The molecule has 1 saturated heterocycles. The Bertz CT molecular complexity index is 711. The highest BCUT2D eigenvalue weighted by Crippen LogP contribution is 2.48. The first kappa shape index (κ1) is 16.1. The van der Waals surface area contributed by atoms with Crippen LogP contribution in [-0.2, 0) is 4.79 Å². The maximum atomic E-state index is 12.8. The van der Waals surface area contributed by atoms with Gasteiger partial charge in [-0.15, -0.1) is 0 Å².